The third-order valence-corrected chi connectivity index (χ3v) is 7.69. The minimum absolute atomic E-state index is 0.0581. The fourth-order valence-electron chi connectivity index (χ4n) is 7.02. The lowest BCUT2D eigenvalue weighted by Crippen LogP contribution is -2.54. The van der Waals surface area contributed by atoms with E-state index < -0.39 is 0 Å². The zero-order chi connectivity index (χ0) is 16.1. The average Bonchev–Trinajstić information content (AvgIpc) is 3.02. The Labute approximate surface area is 145 Å². The van der Waals surface area contributed by atoms with Gasteiger partial charge in [-0.05, 0) is 68.6 Å². The van der Waals surface area contributed by atoms with Gasteiger partial charge in [-0.2, -0.15) is 0 Å². The second-order valence-electron chi connectivity index (χ2n) is 9.52. The van der Waals surface area contributed by atoms with Crippen LogP contribution in [0.3, 0.4) is 0 Å². The molecule has 4 nitrogen and oxygen atoms in total. The van der Waals surface area contributed by atoms with Gasteiger partial charge in [0.05, 0.1) is 18.6 Å². The van der Waals surface area contributed by atoms with Gasteiger partial charge >= 0.3 is 0 Å². The molecule has 0 aromatic carbocycles. The fraction of sp³-hybridized carbons (Fsp3) is 0.950. The molecule has 0 aromatic heterocycles. The summed E-state index contributed by atoms with van der Waals surface area (Å²) in [4.78, 5) is 18.2. The quantitative estimate of drug-likeness (QED) is 0.795. The Morgan fingerprint density at radius 2 is 1.58 bits per heavy atom. The maximum Gasteiger partial charge on any atom is 0.228 e. The van der Waals surface area contributed by atoms with E-state index >= 15 is 0 Å². The van der Waals surface area contributed by atoms with Crippen LogP contribution in [0.1, 0.15) is 44.9 Å². The van der Waals surface area contributed by atoms with Crippen molar-refractivity contribution in [3.8, 4) is 0 Å². The van der Waals surface area contributed by atoms with Gasteiger partial charge in [0, 0.05) is 32.7 Å². The van der Waals surface area contributed by atoms with Crippen molar-refractivity contribution in [1.82, 2.24) is 9.80 Å². The number of carbonyl (C=O) groups excluding carboxylic acids is 1. The molecular formula is C20H32N2O2. The molecule has 4 aliphatic carbocycles. The van der Waals surface area contributed by atoms with Gasteiger partial charge in [0.2, 0.25) is 5.91 Å². The van der Waals surface area contributed by atoms with E-state index in [9.17, 15) is 4.79 Å². The SMILES string of the molecule is O=C(N1CC[C@H](CN2CCOCC2)C1)C12CC3CC(CC(C3)C1)C2. The topological polar surface area (TPSA) is 32.8 Å². The van der Waals surface area contributed by atoms with Crippen molar-refractivity contribution in [2.75, 3.05) is 45.9 Å². The zero-order valence-electron chi connectivity index (χ0n) is 14.9. The van der Waals surface area contributed by atoms with Gasteiger partial charge in [-0.3, -0.25) is 9.69 Å². The summed E-state index contributed by atoms with van der Waals surface area (Å²) in [7, 11) is 0. The normalized spacial score (nSPS) is 45.1. The van der Waals surface area contributed by atoms with Gasteiger partial charge in [-0.1, -0.05) is 0 Å². The maximum atomic E-state index is 13.4. The standard InChI is InChI=1S/C20H32N2O2/c23-19(20-10-16-7-17(11-20)9-18(8-16)12-20)22-2-1-15(14-22)13-21-3-5-24-6-4-21/h15-18H,1-14H2/t15-,16?,17?,18?,20?/m1/s1. The Bertz CT molecular complexity index is 465. The molecule has 0 spiro atoms. The molecule has 0 radical (unpaired) electrons. The molecule has 0 aromatic rings. The first-order valence-corrected chi connectivity index (χ1v) is 10.3. The lowest BCUT2D eigenvalue weighted by Gasteiger charge is -2.56. The molecule has 6 aliphatic rings. The van der Waals surface area contributed by atoms with E-state index in [1.165, 1.54) is 44.9 Å². The highest BCUT2D eigenvalue weighted by Gasteiger charge is 2.56. The minimum Gasteiger partial charge on any atom is -0.379 e. The number of likely N-dealkylation sites (tertiary alicyclic amines) is 1. The lowest BCUT2D eigenvalue weighted by atomic mass is 9.49. The van der Waals surface area contributed by atoms with Gasteiger partial charge in [0.25, 0.3) is 0 Å². The first-order valence-electron chi connectivity index (χ1n) is 10.3. The maximum absolute atomic E-state index is 13.4. The van der Waals surface area contributed by atoms with Crippen molar-refractivity contribution >= 4 is 5.91 Å². The van der Waals surface area contributed by atoms with Crippen molar-refractivity contribution < 1.29 is 9.53 Å². The van der Waals surface area contributed by atoms with Crippen LogP contribution in [-0.4, -0.2) is 61.6 Å². The summed E-state index contributed by atoms with van der Waals surface area (Å²) in [6.45, 7) is 7.08. The van der Waals surface area contributed by atoms with Crippen molar-refractivity contribution in [2.45, 2.75) is 44.9 Å². The number of hydrogen-bond acceptors (Lipinski definition) is 3. The molecule has 4 heteroatoms. The van der Waals surface area contributed by atoms with Gasteiger partial charge in [-0.15, -0.1) is 0 Å². The van der Waals surface area contributed by atoms with Crippen molar-refractivity contribution in [2.24, 2.45) is 29.1 Å². The van der Waals surface area contributed by atoms with Crippen LogP contribution in [0.5, 0.6) is 0 Å². The predicted molar refractivity (Wildman–Crippen MR) is 92.6 cm³/mol. The molecule has 1 atom stereocenters. The number of ether oxygens (including phenoxy) is 1. The molecule has 4 bridgehead atoms. The highest BCUT2D eigenvalue weighted by Crippen LogP contribution is 2.60. The molecule has 134 valence electrons. The Kier molecular flexibility index (Phi) is 3.89. The molecule has 0 N–H and O–H groups in total. The van der Waals surface area contributed by atoms with Crippen molar-refractivity contribution in [1.29, 1.82) is 0 Å². The molecule has 4 saturated carbocycles. The molecule has 24 heavy (non-hydrogen) atoms. The van der Waals surface area contributed by atoms with Crippen molar-refractivity contribution in [3.05, 3.63) is 0 Å². The molecule has 6 rings (SSSR count). The molecule has 2 saturated heterocycles. The number of hydrogen-bond donors (Lipinski definition) is 0. The van der Waals surface area contributed by atoms with Crippen molar-refractivity contribution in [3.63, 3.8) is 0 Å². The first kappa shape index (κ1) is 15.6. The third kappa shape index (κ3) is 2.70. The summed E-state index contributed by atoms with van der Waals surface area (Å²) in [6.07, 6.45) is 9.10. The number of rotatable bonds is 3. The number of nitrogens with zero attached hydrogens (tertiary/aromatic N) is 2. The van der Waals surface area contributed by atoms with Crippen LogP contribution in [0, 0.1) is 29.1 Å². The second kappa shape index (κ2) is 5.98. The van der Waals surface area contributed by atoms with Crippen LogP contribution in [-0.2, 0) is 9.53 Å². The third-order valence-electron chi connectivity index (χ3n) is 7.69. The Hall–Kier alpha value is -0.610. The van der Waals surface area contributed by atoms with Gasteiger partial charge in [0.1, 0.15) is 0 Å². The van der Waals surface area contributed by atoms with E-state index in [4.69, 9.17) is 4.74 Å². The van der Waals surface area contributed by atoms with E-state index in [0.717, 1.165) is 63.7 Å². The monoisotopic (exact) mass is 332 g/mol. The minimum atomic E-state index is 0.0581. The summed E-state index contributed by atoms with van der Waals surface area (Å²) >= 11 is 0. The molecule has 2 heterocycles. The smallest absolute Gasteiger partial charge is 0.228 e. The number of carbonyl (C=O) groups is 1. The molecule has 6 fully saturated rings. The summed E-state index contributed by atoms with van der Waals surface area (Å²) in [5.41, 5.74) is 0.0581. The van der Waals surface area contributed by atoms with E-state index in [2.05, 4.69) is 9.80 Å². The van der Waals surface area contributed by atoms with E-state index in [-0.39, 0.29) is 5.41 Å². The number of amides is 1. The first-order chi connectivity index (χ1) is 11.7. The van der Waals surface area contributed by atoms with E-state index in [1.807, 2.05) is 0 Å². The zero-order valence-corrected chi connectivity index (χ0v) is 14.9. The van der Waals surface area contributed by atoms with Gasteiger partial charge in [0.15, 0.2) is 0 Å². The second-order valence-corrected chi connectivity index (χ2v) is 9.52. The highest BCUT2D eigenvalue weighted by molar-refractivity contribution is 5.83. The predicted octanol–water partition coefficient (Wildman–Crippen LogP) is 2.38. The van der Waals surface area contributed by atoms with E-state index in [0.29, 0.717) is 11.8 Å². The Morgan fingerprint density at radius 1 is 0.958 bits per heavy atom. The van der Waals surface area contributed by atoms with Crippen LogP contribution < -0.4 is 0 Å². The van der Waals surface area contributed by atoms with Gasteiger partial charge in [-0.25, -0.2) is 0 Å². The van der Waals surface area contributed by atoms with Crippen LogP contribution in [0.15, 0.2) is 0 Å². The summed E-state index contributed by atoms with van der Waals surface area (Å²) in [6, 6.07) is 0. The molecule has 1 amide bonds. The molecule has 2 aliphatic heterocycles. The lowest BCUT2D eigenvalue weighted by molar-refractivity contribution is -0.156. The molecular weight excluding hydrogens is 300 g/mol. The fourth-order valence-corrected chi connectivity index (χ4v) is 7.02. The van der Waals surface area contributed by atoms with Crippen LogP contribution in [0.2, 0.25) is 0 Å². The summed E-state index contributed by atoms with van der Waals surface area (Å²) in [5, 5.41) is 0. The molecule has 0 unspecified atom stereocenters. The van der Waals surface area contributed by atoms with Crippen LogP contribution >= 0.6 is 0 Å². The largest absolute Gasteiger partial charge is 0.379 e. The van der Waals surface area contributed by atoms with Crippen LogP contribution in [0.25, 0.3) is 0 Å². The van der Waals surface area contributed by atoms with Gasteiger partial charge < -0.3 is 9.64 Å². The summed E-state index contributed by atoms with van der Waals surface area (Å²) in [5.74, 6) is 3.83. The van der Waals surface area contributed by atoms with Crippen LogP contribution in [0.4, 0.5) is 0 Å². The summed E-state index contributed by atoms with van der Waals surface area (Å²) < 4.78 is 5.46. The average molecular weight is 332 g/mol. The highest BCUT2D eigenvalue weighted by atomic mass is 16.5. The number of morpholine rings is 1. The van der Waals surface area contributed by atoms with E-state index in [1.54, 1.807) is 0 Å². The Balaban J connectivity index is 1.22. The Morgan fingerprint density at radius 3 is 2.21 bits per heavy atom.